The molecule has 0 radical (unpaired) electrons. The first-order chi connectivity index (χ1) is 19.7. The fourth-order valence-corrected chi connectivity index (χ4v) is 3.79. The van der Waals surface area contributed by atoms with Crippen molar-refractivity contribution < 1.29 is 47.4 Å². The van der Waals surface area contributed by atoms with Crippen LogP contribution in [-0.2, 0) is 22.6 Å². The zero-order valence-electron chi connectivity index (χ0n) is 22.1. The molecule has 3 aromatic rings. The van der Waals surface area contributed by atoms with Crippen LogP contribution in [-0.4, -0.2) is 52.5 Å². The van der Waals surface area contributed by atoms with Gasteiger partial charge in [-0.3, -0.25) is 24.1 Å². The second-order valence-corrected chi connectivity index (χ2v) is 8.84. The van der Waals surface area contributed by atoms with Gasteiger partial charge in [0.25, 0.3) is 5.91 Å². The molecule has 0 unspecified atom stereocenters. The summed E-state index contributed by atoms with van der Waals surface area (Å²) in [7, 11) is 0. The average Bonchev–Trinajstić information content (AvgIpc) is 2.96. The van der Waals surface area contributed by atoms with Gasteiger partial charge in [0.1, 0.15) is 6.54 Å². The van der Waals surface area contributed by atoms with Crippen molar-refractivity contribution in [2.45, 2.75) is 32.0 Å². The first-order valence-corrected chi connectivity index (χ1v) is 12.4. The number of para-hydroxylation sites is 1. The number of hydrogen-bond acceptors (Lipinski definition) is 6. The first-order valence-electron chi connectivity index (χ1n) is 12.4. The van der Waals surface area contributed by atoms with Gasteiger partial charge in [0.2, 0.25) is 5.91 Å². The van der Waals surface area contributed by atoms with Crippen LogP contribution in [0.3, 0.4) is 0 Å². The SMILES string of the molecule is NC(=O)c1ccc2c(c1)C(=O)CCC2.NCc1cccc(C(=O)N(CC(=O)O)c2ccccc2)c1.O=C(O)C(F)(F)F. The molecule has 0 fully saturated rings. The number of benzene rings is 3. The Morgan fingerprint density at radius 2 is 1.50 bits per heavy atom. The highest BCUT2D eigenvalue weighted by molar-refractivity contribution is 6.08. The molecule has 2 amide bonds. The summed E-state index contributed by atoms with van der Waals surface area (Å²) in [5, 5.41) is 16.2. The Labute approximate surface area is 238 Å². The van der Waals surface area contributed by atoms with E-state index < -0.39 is 30.6 Å². The lowest BCUT2D eigenvalue weighted by atomic mass is 9.89. The second kappa shape index (κ2) is 15.1. The van der Waals surface area contributed by atoms with Crippen LogP contribution in [0.15, 0.2) is 72.8 Å². The largest absolute Gasteiger partial charge is 0.490 e. The van der Waals surface area contributed by atoms with Crippen molar-refractivity contribution in [1.29, 1.82) is 0 Å². The van der Waals surface area contributed by atoms with Crippen LogP contribution < -0.4 is 16.4 Å². The lowest BCUT2D eigenvalue weighted by Crippen LogP contribution is -2.35. The summed E-state index contributed by atoms with van der Waals surface area (Å²) in [5.74, 6) is -4.55. The van der Waals surface area contributed by atoms with Crippen LogP contribution >= 0.6 is 0 Å². The zero-order valence-corrected chi connectivity index (χ0v) is 22.1. The molecule has 4 rings (SSSR count). The molecule has 0 aromatic heterocycles. The summed E-state index contributed by atoms with van der Waals surface area (Å²) in [6.07, 6.45) is -2.68. The normalized spacial score (nSPS) is 12.0. The van der Waals surface area contributed by atoms with Crippen molar-refractivity contribution in [3.63, 3.8) is 0 Å². The van der Waals surface area contributed by atoms with E-state index in [0.717, 1.165) is 24.0 Å². The van der Waals surface area contributed by atoms with Gasteiger partial charge in [-0.1, -0.05) is 36.4 Å². The van der Waals surface area contributed by atoms with E-state index in [1.165, 1.54) is 4.90 Å². The number of primary amides is 1. The zero-order chi connectivity index (χ0) is 31.4. The predicted molar refractivity (Wildman–Crippen MR) is 146 cm³/mol. The van der Waals surface area contributed by atoms with Crippen LogP contribution in [0.5, 0.6) is 0 Å². The molecule has 222 valence electrons. The van der Waals surface area contributed by atoms with Gasteiger partial charge in [-0.05, 0) is 60.4 Å². The standard InChI is InChI=1S/C16H16N2O3.C11H11NO2.C2HF3O2/c17-10-12-5-4-6-13(9-12)16(21)18(11-15(19)20)14-7-2-1-3-8-14;12-11(14)8-5-4-7-2-1-3-10(13)9(7)6-8;3-2(4,5)1(6)7/h1-9H,10-11,17H2,(H,19,20);4-6H,1-3H2,(H2,12,14);(H,6,7). The third kappa shape index (κ3) is 9.86. The number of anilines is 1. The molecular weight excluding hydrogens is 559 g/mol. The van der Waals surface area contributed by atoms with Gasteiger partial charge in [-0.25, -0.2) is 4.79 Å². The van der Waals surface area contributed by atoms with E-state index >= 15 is 0 Å². The molecule has 1 aliphatic carbocycles. The van der Waals surface area contributed by atoms with E-state index in [9.17, 15) is 32.3 Å². The highest BCUT2D eigenvalue weighted by Gasteiger charge is 2.38. The highest BCUT2D eigenvalue weighted by atomic mass is 19.4. The molecule has 0 saturated heterocycles. The van der Waals surface area contributed by atoms with Crippen LogP contribution in [0.2, 0.25) is 0 Å². The van der Waals surface area contributed by atoms with Gasteiger partial charge in [-0.2, -0.15) is 13.2 Å². The van der Waals surface area contributed by atoms with Gasteiger partial charge < -0.3 is 21.7 Å². The maximum Gasteiger partial charge on any atom is 0.490 e. The fraction of sp³-hybridized carbons (Fsp3) is 0.207. The van der Waals surface area contributed by atoms with Crippen LogP contribution in [0.1, 0.15) is 55.0 Å². The quantitative estimate of drug-likeness (QED) is 0.336. The van der Waals surface area contributed by atoms with E-state index in [1.807, 2.05) is 18.2 Å². The monoisotopic (exact) mass is 587 g/mol. The molecule has 0 aliphatic heterocycles. The third-order valence-electron chi connectivity index (χ3n) is 5.80. The maximum absolute atomic E-state index is 12.6. The van der Waals surface area contributed by atoms with Crippen LogP contribution in [0, 0.1) is 0 Å². The Balaban J connectivity index is 0.000000252. The minimum absolute atomic E-state index is 0.120. The number of carboxylic acids is 2. The number of ketones is 1. The van der Waals surface area contributed by atoms with Gasteiger partial charge >= 0.3 is 18.1 Å². The number of hydrogen-bond donors (Lipinski definition) is 4. The first kappa shape index (κ1) is 33.2. The Hall–Kier alpha value is -5.04. The molecule has 0 heterocycles. The molecule has 0 spiro atoms. The minimum atomic E-state index is -5.08. The number of carboxylic acid groups (broad SMARTS) is 2. The molecule has 42 heavy (non-hydrogen) atoms. The lowest BCUT2D eigenvalue weighted by Gasteiger charge is -2.21. The topological polar surface area (TPSA) is 181 Å². The maximum atomic E-state index is 12.6. The van der Waals surface area contributed by atoms with E-state index in [-0.39, 0.29) is 11.7 Å². The van der Waals surface area contributed by atoms with E-state index in [0.29, 0.717) is 35.3 Å². The van der Waals surface area contributed by atoms with Crippen molar-refractivity contribution in [1.82, 2.24) is 0 Å². The van der Waals surface area contributed by atoms with Crippen molar-refractivity contribution >= 4 is 35.2 Å². The number of aliphatic carboxylic acids is 2. The van der Waals surface area contributed by atoms with Crippen molar-refractivity contribution in [2.75, 3.05) is 11.4 Å². The molecular formula is C29H28F3N3O7. The third-order valence-corrected chi connectivity index (χ3v) is 5.80. The Morgan fingerprint density at radius 3 is 2.05 bits per heavy atom. The number of amides is 2. The summed E-state index contributed by atoms with van der Waals surface area (Å²) in [6.45, 7) is -0.0684. The van der Waals surface area contributed by atoms with Crippen molar-refractivity contribution in [3.8, 4) is 0 Å². The number of carbonyl (C=O) groups excluding carboxylic acids is 3. The number of rotatable bonds is 6. The number of nitrogens with zero attached hydrogens (tertiary/aromatic N) is 1. The van der Waals surface area contributed by atoms with E-state index in [4.69, 9.17) is 26.5 Å². The van der Waals surface area contributed by atoms with Gasteiger partial charge in [0.05, 0.1) is 0 Å². The summed E-state index contributed by atoms with van der Waals surface area (Å²) in [5.41, 5.74) is 14.6. The van der Waals surface area contributed by atoms with Gasteiger partial charge in [0.15, 0.2) is 5.78 Å². The molecule has 13 heteroatoms. The predicted octanol–water partition coefficient (Wildman–Crippen LogP) is 3.81. The highest BCUT2D eigenvalue weighted by Crippen LogP contribution is 2.22. The number of Topliss-reactive ketones (excluding diaryl/α,β-unsaturated/α-hetero) is 1. The Kier molecular flexibility index (Phi) is 11.9. The van der Waals surface area contributed by atoms with Gasteiger partial charge in [-0.15, -0.1) is 0 Å². The number of alkyl halides is 3. The summed E-state index contributed by atoms with van der Waals surface area (Å²) in [4.78, 5) is 56.1. The number of carbonyl (C=O) groups is 5. The Bertz CT molecular complexity index is 1440. The van der Waals surface area contributed by atoms with E-state index in [1.54, 1.807) is 54.6 Å². The second-order valence-electron chi connectivity index (χ2n) is 8.84. The van der Waals surface area contributed by atoms with Crippen molar-refractivity contribution in [3.05, 3.63) is 101 Å². The Morgan fingerprint density at radius 1 is 0.857 bits per heavy atom. The summed E-state index contributed by atoms with van der Waals surface area (Å²) >= 11 is 0. The molecule has 3 aromatic carbocycles. The van der Waals surface area contributed by atoms with Crippen molar-refractivity contribution in [2.24, 2.45) is 11.5 Å². The van der Waals surface area contributed by atoms with Crippen LogP contribution in [0.4, 0.5) is 18.9 Å². The van der Waals surface area contributed by atoms with E-state index in [2.05, 4.69) is 0 Å². The number of fused-ring (bicyclic) bond motifs is 1. The molecule has 0 saturated carbocycles. The number of nitrogens with two attached hydrogens (primary N) is 2. The van der Waals surface area contributed by atoms with Crippen LogP contribution in [0.25, 0.3) is 0 Å². The molecule has 6 N–H and O–H groups in total. The summed E-state index contributed by atoms with van der Waals surface area (Å²) < 4.78 is 31.7. The molecule has 10 nitrogen and oxygen atoms in total. The lowest BCUT2D eigenvalue weighted by molar-refractivity contribution is -0.192. The fourth-order valence-electron chi connectivity index (χ4n) is 3.79. The molecule has 0 bridgehead atoms. The number of aryl methyl sites for hydroxylation is 1. The summed E-state index contributed by atoms with van der Waals surface area (Å²) in [6, 6.07) is 20.7. The average molecular weight is 588 g/mol. The molecule has 0 atom stereocenters. The minimum Gasteiger partial charge on any atom is -0.480 e. The van der Waals surface area contributed by atoms with Gasteiger partial charge in [0, 0.05) is 35.3 Å². The smallest absolute Gasteiger partial charge is 0.480 e. The number of halogens is 3. The molecule has 1 aliphatic rings.